The van der Waals surface area contributed by atoms with E-state index in [1.54, 1.807) is 42.6 Å². The van der Waals surface area contributed by atoms with Gasteiger partial charge in [-0.3, -0.25) is 4.72 Å². The lowest BCUT2D eigenvalue weighted by Crippen LogP contribution is -2.14. The molecule has 2 aromatic carbocycles. The second kappa shape index (κ2) is 7.40. The minimum absolute atomic E-state index is 0.199. The van der Waals surface area contributed by atoms with Gasteiger partial charge < -0.3 is 14.8 Å². The first-order valence-corrected chi connectivity index (χ1v) is 10.2. The first-order valence-electron chi connectivity index (χ1n) is 8.67. The second-order valence-electron chi connectivity index (χ2n) is 6.39. The Bertz CT molecular complexity index is 1080. The summed E-state index contributed by atoms with van der Waals surface area (Å²) in [7, 11) is -3.66. The molecule has 7 nitrogen and oxygen atoms in total. The van der Waals surface area contributed by atoms with E-state index in [0.717, 1.165) is 28.3 Å². The van der Waals surface area contributed by atoms with Gasteiger partial charge in [-0.25, -0.2) is 13.4 Å². The topological polar surface area (TPSA) is 89.6 Å². The standard InChI is InChI=1S/C20H19N3O4S/c1-14-2-6-17(7-3-14)28(24,25)23-20-9-5-16(12-22-20)21-11-15-4-8-18-19(10-15)27-13-26-18/h2-10,12,21H,11,13H2,1H3,(H,22,23). The summed E-state index contributed by atoms with van der Waals surface area (Å²) in [6.45, 7) is 2.73. The van der Waals surface area contributed by atoms with Gasteiger partial charge in [-0.2, -0.15) is 0 Å². The number of sulfonamides is 1. The molecule has 28 heavy (non-hydrogen) atoms. The molecule has 0 spiro atoms. The number of hydrogen-bond acceptors (Lipinski definition) is 6. The average molecular weight is 397 g/mol. The molecule has 1 aliphatic heterocycles. The molecule has 1 aromatic heterocycles. The van der Waals surface area contributed by atoms with Crippen LogP contribution in [0.15, 0.2) is 65.7 Å². The molecule has 4 rings (SSSR count). The number of rotatable bonds is 6. The van der Waals surface area contributed by atoms with E-state index in [4.69, 9.17) is 9.47 Å². The van der Waals surface area contributed by atoms with Gasteiger partial charge in [0.2, 0.25) is 6.79 Å². The van der Waals surface area contributed by atoms with Crippen LogP contribution in [0.5, 0.6) is 11.5 Å². The normalized spacial score (nSPS) is 12.6. The zero-order valence-corrected chi connectivity index (χ0v) is 16.0. The van der Waals surface area contributed by atoms with Gasteiger partial charge in [0.1, 0.15) is 5.82 Å². The Hall–Kier alpha value is -3.26. The van der Waals surface area contributed by atoms with Gasteiger partial charge in [-0.1, -0.05) is 23.8 Å². The van der Waals surface area contributed by atoms with Crippen LogP contribution in [0.3, 0.4) is 0 Å². The van der Waals surface area contributed by atoms with Crippen molar-refractivity contribution in [1.82, 2.24) is 4.98 Å². The zero-order valence-electron chi connectivity index (χ0n) is 15.2. The number of aromatic nitrogens is 1. The van der Waals surface area contributed by atoms with Crippen LogP contribution in [-0.2, 0) is 16.6 Å². The van der Waals surface area contributed by atoms with Crippen LogP contribution >= 0.6 is 0 Å². The fraction of sp³-hybridized carbons (Fsp3) is 0.150. The highest BCUT2D eigenvalue weighted by molar-refractivity contribution is 7.92. The number of ether oxygens (including phenoxy) is 2. The van der Waals surface area contributed by atoms with Crippen molar-refractivity contribution in [2.24, 2.45) is 0 Å². The van der Waals surface area contributed by atoms with Crippen molar-refractivity contribution in [3.8, 4) is 11.5 Å². The molecule has 0 aliphatic carbocycles. The minimum Gasteiger partial charge on any atom is -0.454 e. The van der Waals surface area contributed by atoms with Crippen molar-refractivity contribution in [2.75, 3.05) is 16.8 Å². The number of hydrogen-bond donors (Lipinski definition) is 2. The van der Waals surface area contributed by atoms with Crippen molar-refractivity contribution in [3.05, 3.63) is 71.9 Å². The van der Waals surface area contributed by atoms with Crippen molar-refractivity contribution in [1.29, 1.82) is 0 Å². The fourth-order valence-corrected chi connectivity index (χ4v) is 3.74. The Kier molecular flexibility index (Phi) is 4.79. The maximum Gasteiger partial charge on any atom is 0.263 e. The molecule has 3 aromatic rings. The maximum atomic E-state index is 12.4. The van der Waals surface area contributed by atoms with E-state index in [-0.39, 0.29) is 17.5 Å². The molecule has 0 bridgehead atoms. The summed E-state index contributed by atoms with van der Waals surface area (Å²) in [5, 5.41) is 3.24. The molecule has 0 fully saturated rings. The summed E-state index contributed by atoms with van der Waals surface area (Å²) in [6, 6.07) is 15.8. The third kappa shape index (κ3) is 4.01. The van der Waals surface area contributed by atoms with Crippen LogP contribution < -0.4 is 19.5 Å². The predicted octanol–water partition coefficient (Wildman–Crippen LogP) is 3.53. The molecule has 1 aliphatic rings. The summed E-state index contributed by atoms with van der Waals surface area (Å²) in [4.78, 5) is 4.38. The van der Waals surface area contributed by atoms with Gasteiger partial charge >= 0.3 is 0 Å². The molecule has 8 heteroatoms. The number of fused-ring (bicyclic) bond motifs is 1. The number of nitrogens with one attached hydrogen (secondary N) is 2. The minimum atomic E-state index is -3.66. The molecule has 0 saturated carbocycles. The van der Waals surface area contributed by atoms with Crippen LogP contribution in [0, 0.1) is 6.92 Å². The molecule has 0 radical (unpaired) electrons. The van der Waals surface area contributed by atoms with E-state index in [1.165, 1.54) is 0 Å². The molecule has 0 unspecified atom stereocenters. The SMILES string of the molecule is Cc1ccc(S(=O)(=O)Nc2ccc(NCc3ccc4c(c3)OCO4)cn2)cc1. The van der Waals surface area contributed by atoms with E-state index >= 15 is 0 Å². The number of aryl methyl sites for hydroxylation is 1. The lowest BCUT2D eigenvalue weighted by atomic mass is 10.2. The zero-order chi connectivity index (χ0) is 19.6. The van der Waals surface area contributed by atoms with Crippen LogP contribution in [0.2, 0.25) is 0 Å². The van der Waals surface area contributed by atoms with E-state index in [0.29, 0.717) is 6.54 Å². The van der Waals surface area contributed by atoms with Crippen molar-refractivity contribution >= 4 is 21.5 Å². The Balaban J connectivity index is 1.39. The summed E-state index contributed by atoms with van der Waals surface area (Å²) in [6.07, 6.45) is 1.58. The largest absolute Gasteiger partial charge is 0.454 e. The lowest BCUT2D eigenvalue weighted by Gasteiger charge is -2.10. The highest BCUT2D eigenvalue weighted by atomic mass is 32.2. The molecule has 0 saturated heterocycles. The smallest absolute Gasteiger partial charge is 0.263 e. The Morgan fingerprint density at radius 1 is 1.00 bits per heavy atom. The summed E-state index contributed by atoms with van der Waals surface area (Å²) in [5.74, 6) is 1.74. The molecular formula is C20H19N3O4S. The van der Waals surface area contributed by atoms with Crippen molar-refractivity contribution in [3.63, 3.8) is 0 Å². The Morgan fingerprint density at radius 3 is 2.54 bits per heavy atom. The molecule has 2 N–H and O–H groups in total. The van der Waals surface area contributed by atoms with E-state index < -0.39 is 10.0 Å². The van der Waals surface area contributed by atoms with Gasteiger partial charge in [0, 0.05) is 6.54 Å². The summed E-state index contributed by atoms with van der Waals surface area (Å²) >= 11 is 0. The molecule has 0 amide bonds. The quantitative estimate of drug-likeness (QED) is 0.661. The Labute approximate surface area is 163 Å². The van der Waals surface area contributed by atoms with Gasteiger partial charge in [-0.15, -0.1) is 0 Å². The third-order valence-corrected chi connectivity index (χ3v) is 5.64. The third-order valence-electron chi connectivity index (χ3n) is 4.27. The van der Waals surface area contributed by atoms with E-state index in [2.05, 4.69) is 15.0 Å². The van der Waals surface area contributed by atoms with Crippen LogP contribution in [0.25, 0.3) is 0 Å². The number of nitrogens with zero attached hydrogens (tertiary/aromatic N) is 1. The Morgan fingerprint density at radius 2 is 1.79 bits per heavy atom. The first kappa shape index (κ1) is 18.1. The van der Waals surface area contributed by atoms with Crippen LogP contribution in [0.4, 0.5) is 11.5 Å². The average Bonchev–Trinajstić information content (AvgIpc) is 3.15. The second-order valence-corrected chi connectivity index (χ2v) is 8.07. The van der Waals surface area contributed by atoms with Crippen LogP contribution in [0.1, 0.15) is 11.1 Å². The fourth-order valence-electron chi connectivity index (χ4n) is 2.73. The summed E-state index contributed by atoms with van der Waals surface area (Å²) in [5.41, 5.74) is 2.80. The van der Waals surface area contributed by atoms with Crippen molar-refractivity contribution in [2.45, 2.75) is 18.4 Å². The van der Waals surface area contributed by atoms with E-state index in [1.807, 2.05) is 25.1 Å². The van der Waals surface area contributed by atoms with E-state index in [9.17, 15) is 8.42 Å². The molecule has 0 atom stereocenters. The number of anilines is 2. The van der Waals surface area contributed by atoms with Crippen molar-refractivity contribution < 1.29 is 17.9 Å². The number of benzene rings is 2. The van der Waals surface area contributed by atoms with Gasteiger partial charge in [-0.05, 0) is 48.9 Å². The van der Waals surface area contributed by atoms with Gasteiger partial charge in [0.25, 0.3) is 10.0 Å². The van der Waals surface area contributed by atoms with Crippen LogP contribution in [-0.4, -0.2) is 20.2 Å². The summed E-state index contributed by atoms with van der Waals surface area (Å²) < 4.78 is 38.0. The number of pyridine rings is 1. The predicted molar refractivity (Wildman–Crippen MR) is 106 cm³/mol. The maximum absolute atomic E-state index is 12.4. The van der Waals surface area contributed by atoms with Gasteiger partial charge in [0.15, 0.2) is 11.5 Å². The first-order chi connectivity index (χ1) is 13.5. The molecule has 2 heterocycles. The van der Waals surface area contributed by atoms with Gasteiger partial charge in [0.05, 0.1) is 16.8 Å². The monoisotopic (exact) mass is 397 g/mol. The highest BCUT2D eigenvalue weighted by Crippen LogP contribution is 2.32. The lowest BCUT2D eigenvalue weighted by molar-refractivity contribution is 0.174. The highest BCUT2D eigenvalue weighted by Gasteiger charge is 2.15. The molecular weight excluding hydrogens is 378 g/mol. The molecule has 144 valence electrons.